The molecule has 7 heteroatoms. The van der Waals surface area contributed by atoms with Gasteiger partial charge in [0, 0.05) is 5.41 Å². The van der Waals surface area contributed by atoms with Gasteiger partial charge in [-0.05, 0) is 60.3 Å². The summed E-state index contributed by atoms with van der Waals surface area (Å²) in [4.78, 5) is 33.5. The molecule has 2 amide bonds. The van der Waals surface area contributed by atoms with Crippen molar-refractivity contribution >= 4 is 34.6 Å². The third-order valence-electron chi connectivity index (χ3n) is 4.27. The van der Waals surface area contributed by atoms with Crippen LogP contribution in [0, 0.1) is 10.8 Å². The largest absolute Gasteiger partial charge is 0.434 e. The highest BCUT2D eigenvalue weighted by molar-refractivity contribution is 14.1. The van der Waals surface area contributed by atoms with E-state index in [1.807, 2.05) is 57.2 Å². The average Bonchev–Trinajstić information content (AvgIpc) is 2.35. The molecule has 0 aliphatic rings. The van der Waals surface area contributed by atoms with Crippen LogP contribution in [-0.4, -0.2) is 15.6 Å². The number of rotatable bonds is 7. The SMILES string of the molecule is CCC(C)(CC)C(C)(C)C(=O)NC(=O)ONOC(C)(C)I. The van der Waals surface area contributed by atoms with Crippen LogP contribution in [0.1, 0.15) is 61.3 Å². The molecule has 0 heterocycles. The maximum absolute atomic E-state index is 12.3. The van der Waals surface area contributed by atoms with Crippen molar-refractivity contribution in [2.24, 2.45) is 10.8 Å². The zero-order chi connectivity index (χ0) is 16.9. The summed E-state index contributed by atoms with van der Waals surface area (Å²) < 4.78 is -0.537. The molecule has 6 nitrogen and oxygen atoms in total. The summed E-state index contributed by atoms with van der Waals surface area (Å²) in [7, 11) is 0. The molecule has 0 atom stereocenters. The van der Waals surface area contributed by atoms with E-state index in [2.05, 4.69) is 15.8 Å². The standard InChI is InChI=1S/C14H27IN2O4/c1-8-14(7,9-2)12(3,4)10(18)16-11(19)20-17-21-13(5,6)15/h17H,8-9H2,1-7H3,(H,16,18,19). The van der Waals surface area contributed by atoms with E-state index in [1.54, 1.807) is 13.8 Å². The predicted molar refractivity (Wildman–Crippen MR) is 89.4 cm³/mol. The number of amides is 2. The Morgan fingerprint density at radius 2 is 1.52 bits per heavy atom. The van der Waals surface area contributed by atoms with Crippen LogP contribution >= 0.6 is 22.6 Å². The molecular formula is C14H27IN2O4. The fourth-order valence-electron chi connectivity index (χ4n) is 1.84. The Hall–Kier alpha value is -0.410. The van der Waals surface area contributed by atoms with Gasteiger partial charge in [0.15, 0.2) is 0 Å². The van der Waals surface area contributed by atoms with Crippen molar-refractivity contribution < 1.29 is 19.3 Å². The van der Waals surface area contributed by atoms with Gasteiger partial charge in [0.25, 0.3) is 0 Å². The smallest absolute Gasteiger partial charge is 0.327 e. The van der Waals surface area contributed by atoms with Crippen LogP contribution in [0.15, 0.2) is 0 Å². The summed E-state index contributed by atoms with van der Waals surface area (Å²) in [6.45, 7) is 13.3. The number of halogens is 1. The molecule has 0 aromatic rings. The second-order valence-electron chi connectivity index (χ2n) is 6.29. The predicted octanol–water partition coefficient (Wildman–Crippen LogP) is 3.70. The third-order valence-corrected chi connectivity index (χ3v) is 4.49. The summed E-state index contributed by atoms with van der Waals surface area (Å²) in [6.07, 6.45) is 0.787. The van der Waals surface area contributed by atoms with Crippen molar-refractivity contribution in [3.05, 3.63) is 0 Å². The number of hydrogen-bond acceptors (Lipinski definition) is 5. The van der Waals surface area contributed by atoms with Crippen molar-refractivity contribution in [3.63, 3.8) is 0 Å². The Balaban J connectivity index is 4.57. The van der Waals surface area contributed by atoms with Gasteiger partial charge < -0.3 is 4.84 Å². The Kier molecular flexibility index (Phi) is 7.58. The third kappa shape index (κ3) is 6.07. The normalized spacial score (nSPS) is 13.0. The van der Waals surface area contributed by atoms with Gasteiger partial charge in [-0.25, -0.2) is 4.79 Å². The van der Waals surface area contributed by atoms with Gasteiger partial charge in [0.1, 0.15) is 3.61 Å². The molecule has 0 aliphatic heterocycles. The first-order chi connectivity index (χ1) is 9.39. The minimum Gasteiger partial charge on any atom is -0.327 e. The molecule has 0 fully saturated rings. The minimum absolute atomic E-state index is 0.203. The molecule has 0 radical (unpaired) electrons. The number of imide groups is 1. The molecule has 0 unspecified atom stereocenters. The van der Waals surface area contributed by atoms with Gasteiger partial charge in [-0.15, -0.1) is 0 Å². The topological polar surface area (TPSA) is 76.7 Å². The quantitative estimate of drug-likeness (QED) is 0.378. The minimum atomic E-state index is -0.886. The first kappa shape index (κ1) is 20.6. The number of nitrogens with one attached hydrogen (secondary N) is 2. The van der Waals surface area contributed by atoms with E-state index < -0.39 is 15.1 Å². The Bertz CT molecular complexity index is 374. The van der Waals surface area contributed by atoms with E-state index in [0.29, 0.717) is 0 Å². The fraction of sp³-hybridized carbons (Fsp3) is 0.857. The molecule has 124 valence electrons. The lowest BCUT2D eigenvalue weighted by Gasteiger charge is -2.41. The lowest BCUT2D eigenvalue weighted by molar-refractivity contribution is -0.162. The molecule has 0 spiro atoms. The second-order valence-corrected chi connectivity index (χ2v) is 8.88. The second kappa shape index (κ2) is 7.73. The van der Waals surface area contributed by atoms with Gasteiger partial charge in [-0.3, -0.25) is 14.9 Å². The van der Waals surface area contributed by atoms with Crippen LogP contribution in [0.25, 0.3) is 0 Å². The van der Waals surface area contributed by atoms with Gasteiger partial charge in [-0.1, -0.05) is 34.6 Å². The lowest BCUT2D eigenvalue weighted by atomic mass is 9.63. The Morgan fingerprint density at radius 1 is 1.05 bits per heavy atom. The average molecular weight is 414 g/mol. The number of carbonyl (C=O) groups excluding carboxylic acids is 2. The maximum Gasteiger partial charge on any atom is 0.434 e. The molecule has 0 aromatic heterocycles. The Morgan fingerprint density at radius 3 is 1.90 bits per heavy atom. The molecular weight excluding hydrogens is 387 g/mol. The number of hydrogen-bond donors (Lipinski definition) is 2. The monoisotopic (exact) mass is 414 g/mol. The summed E-state index contributed by atoms with van der Waals surface area (Å²) in [5.41, 5.74) is 1.18. The molecule has 0 bridgehead atoms. The van der Waals surface area contributed by atoms with E-state index in [0.717, 1.165) is 12.8 Å². The summed E-state index contributed by atoms with van der Waals surface area (Å²) in [6, 6.07) is 0. The van der Waals surface area contributed by atoms with E-state index in [4.69, 9.17) is 4.84 Å². The van der Waals surface area contributed by atoms with Gasteiger partial charge in [-0.2, -0.15) is 0 Å². The van der Waals surface area contributed by atoms with Gasteiger partial charge in [0.05, 0.1) is 0 Å². The highest BCUT2D eigenvalue weighted by Gasteiger charge is 2.44. The van der Waals surface area contributed by atoms with E-state index >= 15 is 0 Å². The highest BCUT2D eigenvalue weighted by atomic mass is 127. The van der Waals surface area contributed by atoms with Crippen molar-refractivity contribution in [2.75, 3.05) is 0 Å². The van der Waals surface area contributed by atoms with E-state index in [1.165, 1.54) is 0 Å². The number of alkyl halides is 1. The van der Waals surface area contributed by atoms with Crippen LogP contribution in [0.4, 0.5) is 4.79 Å². The van der Waals surface area contributed by atoms with Crippen LogP contribution < -0.4 is 11.0 Å². The summed E-state index contributed by atoms with van der Waals surface area (Å²) in [5.74, 6) is -0.366. The molecule has 0 saturated carbocycles. The summed E-state index contributed by atoms with van der Waals surface area (Å²) >= 11 is 2.02. The molecule has 0 saturated heterocycles. The molecule has 2 N–H and O–H groups in total. The van der Waals surface area contributed by atoms with Crippen molar-refractivity contribution in [3.8, 4) is 0 Å². The zero-order valence-electron chi connectivity index (χ0n) is 13.9. The zero-order valence-corrected chi connectivity index (χ0v) is 16.1. The fourth-order valence-corrected chi connectivity index (χ4v) is 1.93. The molecule has 0 aliphatic carbocycles. The first-order valence-electron chi connectivity index (χ1n) is 7.04. The van der Waals surface area contributed by atoms with Gasteiger partial charge >= 0.3 is 6.09 Å². The summed E-state index contributed by atoms with van der Waals surface area (Å²) in [5, 5.41) is 2.24. The van der Waals surface area contributed by atoms with Crippen molar-refractivity contribution in [1.29, 1.82) is 0 Å². The number of carbonyl (C=O) groups is 2. The van der Waals surface area contributed by atoms with Crippen LogP contribution in [0.5, 0.6) is 0 Å². The van der Waals surface area contributed by atoms with E-state index in [9.17, 15) is 9.59 Å². The molecule has 0 aromatic carbocycles. The van der Waals surface area contributed by atoms with E-state index in [-0.39, 0.29) is 11.3 Å². The van der Waals surface area contributed by atoms with Crippen LogP contribution in [0.2, 0.25) is 0 Å². The molecule has 0 rings (SSSR count). The molecule has 21 heavy (non-hydrogen) atoms. The van der Waals surface area contributed by atoms with Gasteiger partial charge in [0.2, 0.25) is 5.91 Å². The first-order valence-corrected chi connectivity index (χ1v) is 8.11. The van der Waals surface area contributed by atoms with Crippen molar-refractivity contribution in [1.82, 2.24) is 11.0 Å². The Labute approximate surface area is 140 Å². The van der Waals surface area contributed by atoms with Crippen molar-refractivity contribution in [2.45, 2.75) is 64.9 Å². The van der Waals surface area contributed by atoms with Crippen LogP contribution in [0.3, 0.4) is 0 Å². The maximum atomic E-state index is 12.3. The lowest BCUT2D eigenvalue weighted by Crippen LogP contribution is -2.49. The van der Waals surface area contributed by atoms with Crippen LogP contribution in [-0.2, 0) is 14.5 Å². The highest BCUT2D eigenvalue weighted by Crippen LogP contribution is 2.44.